The van der Waals surface area contributed by atoms with Crippen LogP contribution in [0, 0.1) is 0 Å². The molecule has 1 amide bonds. The minimum absolute atomic E-state index is 0.0183. The lowest BCUT2D eigenvalue weighted by Crippen LogP contribution is -2.31. The smallest absolute Gasteiger partial charge is 0.285 e. The van der Waals surface area contributed by atoms with Crippen LogP contribution in [0.25, 0.3) is 10.9 Å². The summed E-state index contributed by atoms with van der Waals surface area (Å²) in [6, 6.07) is 7.02. The molecule has 0 aliphatic heterocycles. The Hall–Kier alpha value is -2.94. The molecule has 124 valence electrons. The standard InChI is InChI=1S/C15H14N4O4S/c1-19-9-13(10-5-3-4-6-12(10)19)24(21,22)18-15(20)11-7-16-8-14(17-11)23-2/h3-9H,1-2H3,(H,18,20). The molecule has 24 heavy (non-hydrogen) atoms. The molecule has 0 saturated heterocycles. The van der Waals surface area contributed by atoms with E-state index in [0.29, 0.717) is 5.39 Å². The van der Waals surface area contributed by atoms with Gasteiger partial charge in [0.25, 0.3) is 15.9 Å². The van der Waals surface area contributed by atoms with Crippen LogP contribution in [0.15, 0.2) is 47.8 Å². The summed E-state index contributed by atoms with van der Waals surface area (Å²) in [6.07, 6.45) is 3.93. The Balaban J connectivity index is 1.97. The molecule has 0 aliphatic rings. The molecule has 0 saturated carbocycles. The molecule has 0 bridgehead atoms. The number of hydrogen-bond acceptors (Lipinski definition) is 6. The second kappa shape index (κ2) is 5.93. The minimum Gasteiger partial charge on any atom is -0.480 e. The van der Waals surface area contributed by atoms with Crippen LogP contribution in [-0.2, 0) is 17.1 Å². The molecule has 1 aromatic carbocycles. The van der Waals surface area contributed by atoms with Crippen LogP contribution in [0.3, 0.4) is 0 Å². The monoisotopic (exact) mass is 346 g/mol. The number of carbonyl (C=O) groups is 1. The fraction of sp³-hybridized carbons (Fsp3) is 0.133. The number of benzene rings is 1. The third-order valence-electron chi connectivity index (χ3n) is 3.43. The van der Waals surface area contributed by atoms with E-state index in [-0.39, 0.29) is 16.5 Å². The lowest BCUT2D eigenvalue weighted by molar-refractivity contribution is 0.0975. The number of hydrogen-bond donors (Lipinski definition) is 1. The zero-order valence-electron chi connectivity index (χ0n) is 12.9. The Kier molecular flexibility index (Phi) is 3.94. The summed E-state index contributed by atoms with van der Waals surface area (Å²) in [6.45, 7) is 0. The lowest BCUT2D eigenvalue weighted by Gasteiger charge is -2.06. The van der Waals surface area contributed by atoms with E-state index in [2.05, 4.69) is 9.97 Å². The highest BCUT2D eigenvalue weighted by atomic mass is 32.2. The van der Waals surface area contributed by atoms with Gasteiger partial charge < -0.3 is 9.30 Å². The number of nitrogens with zero attached hydrogens (tertiary/aromatic N) is 3. The second-order valence-electron chi connectivity index (χ2n) is 5.00. The molecule has 2 heterocycles. The first-order valence-electron chi connectivity index (χ1n) is 6.89. The first-order chi connectivity index (χ1) is 11.4. The molecule has 0 atom stereocenters. The number of amides is 1. The fourth-order valence-corrected chi connectivity index (χ4v) is 3.52. The average Bonchev–Trinajstić information content (AvgIpc) is 2.93. The van der Waals surface area contributed by atoms with Gasteiger partial charge in [-0.25, -0.2) is 18.1 Å². The number of aromatic nitrogens is 3. The van der Waals surface area contributed by atoms with Crippen molar-refractivity contribution in [1.82, 2.24) is 19.3 Å². The number of carbonyl (C=O) groups excluding carboxylic acids is 1. The maximum atomic E-state index is 12.6. The number of aryl methyl sites for hydroxylation is 1. The normalized spacial score (nSPS) is 11.4. The largest absolute Gasteiger partial charge is 0.480 e. The van der Waals surface area contributed by atoms with Gasteiger partial charge in [-0.05, 0) is 6.07 Å². The van der Waals surface area contributed by atoms with Gasteiger partial charge in [0.15, 0.2) is 5.69 Å². The van der Waals surface area contributed by atoms with E-state index in [1.807, 2.05) is 10.8 Å². The number of rotatable bonds is 4. The van der Waals surface area contributed by atoms with E-state index in [1.54, 1.807) is 29.8 Å². The topological polar surface area (TPSA) is 103 Å². The summed E-state index contributed by atoms with van der Waals surface area (Å²) in [5.74, 6) is -0.764. The molecule has 1 N–H and O–H groups in total. The van der Waals surface area contributed by atoms with Crippen molar-refractivity contribution in [3.63, 3.8) is 0 Å². The first-order valence-corrected chi connectivity index (χ1v) is 8.38. The van der Waals surface area contributed by atoms with Gasteiger partial charge in [-0.3, -0.25) is 9.78 Å². The van der Waals surface area contributed by atoms with E-state index < -0.39 is 15.9 Å². The number of nitrogens with one attached hydrogen (secondary N) is 1. The van der Waals surface area contributed by atoms with Crippen molar-refractivity contribution in [1.29, 1.82) is 0 Å². The summed E-state index contributed by atoms with van der Waals surface area (Å²) < 4.78 is 33.7. The predicted molar refractivity (Wildman–Crippen MR) is 86.2 cm³/mol. The Morgan fingerprint density at radius 3 is 2.75 bits per heavy atom. The molecule has 3 aromatic rings. The zero-order chi connectivity index (χ0) is 17.3. The van der Waals surface area contributed by atoms with Crippen molar-refractivity contribution in [2.75, 3.05) is 7.11 Å². The van der Waals surface area contributed by atoms with E-state index in [4.69, 9.17) is 4.74 Å². The van der Waals surface area contributed by atoms with Gasteiger partial charge in [0.2, 0.25) is 5.88 Å². The maximum Gasteiger partial charge on any atom is 0.285 e. The van der Waals surface area contributed by atoms with Crippen molar-refractivity contribution < 1.29 is 17.9 Å². The second-order valence-corrected chi connectivity index (χ2v) is 6.65. The Morgan fingerprint density at radius 1 is 1.25 bits per heavy atom. The highest BCUT2D eigenvalue weighted by molar-refractivity contribution is 7.90. The summed E-state index contributed by atoms with van der Waals surface area (Å²) >= 11 is 0. The summed E-state index contributed by atoms with van der Waals surface area (Å²) in [5.41, 5.74) is 0.588. The molecule has 0 radical (unpaired) electrons. The third kappa shape index (κ3) is 2.81. The first kappa shape index (κ1) is 15.9. The predicted octanol–water partition coefficient (Wildman–Crippen LogP) is 1.10. The van der Waals surface area contributed by atoms with Gasteiger partial charge in [-0.2, -0.15) is 0 Å². The van der Waals surface area contributed by atoms with Crippen LogP contribution in [0.5, 0.6) is 5.88 Å². The molecular formula is C15H14N4O4S. The number of methoxy groups -OCH3 is 1. The van der Waals surface area contributed by atoms with Crippen molar-refractivity contribution in [2.45, 2.75) is 4.90 Å². The molecule has 0 fully saturated rings. The average molecular weight is 346 g/mol. The Bertz CT molecular complexity index is 1030. The molecule has 2 aromatic heterocycles. The summed E-state index contributed by atoms with van der Waals surface area (Å²) in [7, 11) is -0.956. The van der Waals surface area contributed by atoms with E-state index in [1.165, 1.54) is 19.5 Å². The summed E-state index contributed by atoms with van der Waals surface area (Å²) in [5, 5.41) is 0.525. The van der Waals surface area contributed by atoms with Crippen LogP contribution in [0.2, 0.25) is 0 Å². The van der Waals surface area contributed by atoms with Gasteiger partial charge in [0.05, 0.1) is 19.5 Å². The number of sulfonamides is 1. The quantitative estimate of drug-likeness (QED) is 0.759. The summed E-state index contributed by atoms with van der Waals surface area (Å²) in [4.78, 5) is 19.9. The van der Waals surface area contributed by atoms with Gasteiger partial charge >= 0.3 is 0 Å². The van der Waals surface area contributed by atoms with E-state index in [9.17, 15) is 13.2 Å². The van der Waals surface area contributed by atoms with Gasteiger partial charge in [-0.15, -0.1) is 0 Å². The maximum absolute atomic E-state index is 12.6. The number of para-hydroxylation sites is 1. The van der Waals surface area contributed by atoms with Crippen LogP contribution >= 0.6 is 0 Å². The van der Waals surface area contributed by atoms with Gasteiger partial charge in [0.1, 0.15) is 4.90 Å². The molecule has 0 aliphatic carbocycles. The number of fused-ring (bicyclic) bond motifs is 1. The van der Waals surface area contributed by atoms with Crippen LogP contribution in [0.4, 0.5) is 0 Å². The van der Waals surface area contributed by atoms with Gasteiger partial charge in [-0.1, -0.05) is 18.2 Å². The molecule has 0 spiro atoms. The van der Waals surface area contributed by atoms with E-state index in [0.717, 1.165) is 11.7 Å². The third-order valence-corrected chi connectivity index (χ3v) is 4.79. The van der Waals surface area contributed by atoms with Gasteiger partial charge in [0, 0.05) is 24.1 Å². The zero-order valence-corrected chi connectivity index (χ0v) is 13.7. The molecule has 0 unspecified atom stereocenters. The molecule has 3 rings (SSSR count). The Labute approximate surface area is 138 Å². The highest BCUT2D eigenvalue weighted by Crippen LogP contribution is 2.24. The van der Waals surface area contributed by atoms with Crippen LogP contribution in [-0.4, -0.2) is 36.0 Å². The Morgan fingerprint density at radius 2 is 2.00 bits per heavy atom. The fourth-order valence-electron chi connectivity index (χ4n) is 2.30. The molecular weight excluding hydrogens is 332 g/mol. The van der Waals surface area contributed by atoms with Crippen molar-refractivity contribution in [3.8, 4) is 5.88 Å². The molecule has 9 heteroatoms. The molecule has 8 nitrogen and oxygen atoms in total. The highest BCUT2D eigenvalue weighted by Gasteiger charge is 2.24. The van der Waals surface area contributed by atoms with E-state index >= 15 is 0 Å². The number of ether oxygens (including phenoxy) is 1. The SMILES string of the molecule is COc1cncc(C(=O)NS(=O)(=O)c2cn(C)c3ccccc23)n1. The van der Waals surface area contributed by atoms with Crippen molar-refractivity contribution in [2.24, 2.45) is 7.05 Å². The minimum atomic E-state index is -4.06. The van der Waals surface area contributed by atoms with Crippen LogP contribution < -0.4 is 9.46 Å². The van der Waals surface area contributed by atoms with Crippen LogP contribution in [0.1, 0.15) is 10.5 Å². The van der Waals surface area contributed by atoms with Crippen molar-refractivity contribution in [3.05, 3.63) is 48.5 Å². The lowest BCUT2D eigenvalue weighted by atomic mass is 10.2. The van der Waals surface area contributed by atoms with Crippen molar-refractivity contribution >= 4 is 26.8 Å².